The van der Waals surface area contributed by atoms with Crippen LogP contribution >= 0.6 is 24.8 Å². The first-order valence-corrected chi connectivity index (χ1v) is 8.57. The van der Waals surface area contributed by atoms with E-state index in [0.717, 1.165) is 57.5 Å². The highest BCUT2D eigenvalue weighted by atomic mass is 35.5. The van der Waals surface area contributed by atoms with E-state index < -0.39 is 5.54 Å². The van der Waals surface area contributed by atoms with E-state index in [9.17, 15) is 4.79 Å². The largest absolute Gasteiger partial charge is 0.497 e. The Hall–Kier alpha value is -1.17. The number of carbonyl (C=O) groups excluding carboxylic acids is 1. The highest BCUT2D eigenvalue weighted by Crippen LogP contribution is 2.28. The summed E-state index contributed by atoms with van der Waals surface area (Å²) in [6, 6.07) is 8.15. The molecule has 1 amide bonds. The van der Waals surface area contributed by atoms with Crippen molar-refractivity contribution in [2.75, 3.05) is 31.6 Å². The fourth-order valence-corrected chi connectivity index (χ4v) is 3.69. The first-order chi connectivity index (χ1) is 11.1. The summed E-state index contributed by atoms with van der Waals surface area (Å²) in [5, 5.41) is 3.09. The number of nitrogens with zero attached hydrogens (tertiary/aromatic N) is 1. The minimum atomic E-state index is -0.620. The van der Waals surface area contributed by atoms with Gasteiger partial charge in [0.15, 0.2) is 0 Å². The van der Waals surface area contributed by atoms with Crippen LogP contribution in [0.2, 0.25) is 0 Å². The average molecular weight is 390 g/mol. The molecule has 1 aromatic rings. The van der Waals surface area contributed by atoms with Crippen molar-refractivity contribution in [3.63, 3.8) is 0 Å². The second kappa shape index (κ2) is 9.51. The Balaban J connectivity index is 0.00000156. The van der Waals surface area contributed by atoms with E-state index >= 15 is 0 Å². The molecule has 1 saturated carbocycles. The molecule has 1 saturated heterocycles. The lowest BCUT2D eigenvalue weighted by atomic mass is 9.97. The highest BCUT2D eigenvalue weighted by molar-refractivity contribution is 5.86. The summed E-state index contributed by atoms with van der Waals surface area (Å²) in [5.41, 5.74) is 6.77. The summed E-state index contributed by atoms with van der Waals surface area (Å²) < 4.78 is 5.29. The van der Waals surface area contributed by atoms with Gasteiger partial charge in [-0.25, -0.2) is 0 Å². The molecular weight excluding hydrogens is 361 g/mol. The molecule has 5 nitrogen and oxygen atoms in total. The molecule has 1 heterocycles. The summed E-state index contributed by atoms with van der Waals surface area (Å²) >= 11 is 0. The molecule has 1 unspecified atom stereocenters. The molecular formula is C18H29Cl2N3O2. The van der Waals surface area contributed by atoms with Crippen LogP contribution in [-0.2, 0) is 4.79 Å². The zero-order valence-electron chi connectivity index (χ0n) is 14.7. The van der Waals surface area contributed by atoms with Crippen molar-refractivity contribution in [1.29, 1.82) is 0 Å². The zero-order valence-corrected chi connectivity index (χ0v) is 16.3. The number of carbonyl (C=O) groups is 1. The molecule has 3 rings (SSSR count). The van der Waals surface area contributed by atoms with E-state index in [4.69, 9.17) is 10.5 Å². The van der Waals surface area contributed by atoms with Gasteiger partial charge in [-0.1, -0.05) is 18.9 Å². The van der Waals surface area contributed by atoms with Crippen LogP contribution in [0.5, 0.6) is 5.75 Å². The van der Waals surface area contributed by atoms with Gasteiger partial charge in [0.2, 0.25) is 5.91 Å². The molecule has 2 aliphatic rings. The zero-order chi connectivity index (χ0) is 16.3. The summed E-state index contributed by atoms with van der Waals surface area (Å²) in [5.74, 6) is 1.40. The van der Waals surface area contributed by atoms with Crippen molar-refractivity contribution >= 4 is 36.4 Å². The van der Waals surface area contributed by atoms with Crippen molar-refractivity contribution in [3.05, 3.63) is 24.3 Å². The quantitative estimate of drug-likeness (QED) is 0.812. The Morgan fingerprint density at radius 2 is 2.08 bits per heavy atom. The number of benzene rings is 1. The molecule has 1 aliphatic carbocycles. The minimum absolute atomic E-state index is 0. The van der Waals surface area contributed by atoms with Crippen LogP contribution < -0.4 is 20.7 Å². The lowest BCUT2D eigenvalue weighted by Crippen LogP contribution is -2.52. The number of hydrogen-bond donors (Lipinski definition) is 2. The maximum absolute atomic E-state index is 12.3. The van der Waals surface area contributed by atoms with E-state index in [1.807, 2.05) is 12.1 Å². The molecule has 7 heteroatoms. The Morgan fingerprint density at radius 1 is 1.36 bits per heavy atom. The first-order valence-electron chi connectivity index (χ1n) is 8.57. The van der Waals surface area contributed by atoms with Crippen LogP contribution in [0.4, 0.5) is 5.69 Å². The van der Waals surface area contributed by atoms with Gasteiger partial charge in [-0.3, -0.25) is 4.79 Å². The second-order valence-corrected chi connectivity index (χ2v) is 6.88. The summed E-state index contributed by atoms with van der Waals surface area (Å²) in [6.45, 7) is 2.70. The molecule has 3 N–H and O–H groups in total. The lowest BCUT2D eigenvalue weighted by molar-refractivity contribution is -0.126. The summed E-state index contributed by atoms with van der Waals surface area (Å²) in [7, 11) is 1.69. The van der Waals surface area contributed by atoms with Gasteiger partial charge in [0.05, 0.1) is 12.6 Å². The fourth-order valence-electron chi connectivity index (χ4n) is 3.69. The second-order valence-electron chi connectivity index (χ2n) is 6.88. The Kier molecular flexibility index (Phi) is 8.32. The number of hydrogen-bond acceptors (Lipinski definition) is 4. The molecule has 0 spiro atoms. The summed E-state index contributed by atoms with van der Waals surface area (Å²) in [4.78, 5) is 14.6. The third-order valence-electron chi connectivity index (χ3n) is 5.20. The molecule has 0 aromatic heterocycles. The lowest BCUT2D eigenvalue weighted by Gasteiger charge is -2.24. The van der Waals surface area contributed by atoms with E-state index in [1.165, 1.54) is 5.69 Å². The van der Waals surface area contributed by atoms with Crippen molar-refractivity contribution in [3.8, 4) is 5.75 Å². The number of amides is 1. The number of rotatable bonds is 5. The van der Waals surface area contributed by atoms with Crippen LogP contribution in [0.1, 0.15) is 32.1 Å². The van der Waals surface area contributed by atoms with Crippen LogP contribution in [0.25, 0.3) is 0 Å². The third-order valence-corrected chi connectivity index (χ3v) is 5.20. The number of nitrogens with two attached hydrogens (primary N) is 1. The predicted molar refractivity (Wildman–Crippen MR) is 106 cm³/mol. The molecule has 1 atom stereocenters. The normalized spacial score (nSPS) is 21.2. The van der Waals surface area contributed by atoms with Gasteiger partial charge in [0.25, 0.3) is 0 Å². The van der Waals surface area contributed by atoms with E-state index in [2.05, 4.69) is 22.3 Å². The predicted octanol–water partition coefficient (Wildman–Crippen LogP) is 2.75. The highest BCUT2D eigenvalue weighted by Gasteiger charge is 2.37. The van der Waals surface area contributed by atoms with E-state index in [1.54, 1.807) is 7.11 Å². The van der Waals surface area contributed by atoms with Crippen LogP contribution in [0.15, 0.2) is 24.3 Å². The molecule has 1 aliphatic heterocycles. The van der Waals surface area contributed by atoms with Crippen LogP contribution in [0.3, 0.4) is 0 Å². The van der Waals surface area contributed by atoms with Crippen LogP contribution in [0, 0.1) is 5.92 Å². The standard InChI is InChI=1S/C18H27N3O2.2ClH/c1-23-16-6-4-5-15(11-16)21-10-7-14(13-21)12-20-17(22)18(19)8-2-3-9-18;;/h4-6,11,14H,2-3,7-10,12-13,19H2,1H3,(H,20,22);2*1H. The fraction of sp³-hybridized carbons (Fsp3) is 0.611. The number of anilines is 1. The molecule has 0 radical (unpaired) electrons. The monoisotopic (exact) mass is 389 g/mol. The van der Waals surface area contributed by atoms with Crippen LogP contribution in [-0.4, -0.2) is 38.2 Å². The van der Waals surface area contributed by atoms with Gasteiger partial charge in [0, 0.05) is 31.4 Å². The smallest absolute Gasteiger partial charge is 0.240 e. The van der Waals surface area contributed by atoms with Crippen molar-refractivity contribution in [1.82, 2.24) is 5.32 Å². The Morgan fingerprint density at radius 3 is 2.76 bits per heavy atom. The molecule has 2 fully saturated rings. The van der Waals surface area contributed by atoms with Gasteiger partial charge in [-0.2, -0.15) is 0 Å². The maximum Gasteiger partial charge on any atom is 0.240 e. The number of ether oxygens (including phenoxy) is 1. The van der Waals surface area contributed by atoms with E-state index in [-0.39, 0.29) is 30.7 Å². The van der Waals surface area contributed by atoms with Crippen molar-refractivity contribution < 1.29 is 9.53 Å². The van der Waals surface area contributed by atoms with Gasteiger partial charge < -0.3 is 20.7 Å². The number of methoxy groups -OCH3 is 1. The molecule has 142 valence electrons. The minimum Gasteiger partial charge on any atom is -0.497 e. The van der Waals surface area contributed by atoms with E-state index in [0.29, 0.717) is 5.92 Å². The van der Waals surface area contributed by atoms with Crippen molar-refractivity contribution in [2.24, 2.45) is 11.7 Å². The topological polar surface area (TPSA) is 67.6 Å². The van der Waals surface area contributed by atoms with Crippen molar-refractivity contribution in [2.45, 2.75) is 37.6 Å². The maximum atomic E-state index is 12.3. The SMILES string of the molecule is COc1cccc(N2CCC(CNC(=O)C3(N)CCCC3)C2)c1.Cl.Cl. The number of nitrogens with one attached hydrogen (secondary N) is 1. The third kappa shape index (κ3) is 5.16. The first kappa shape index (κ1) is 21.9. The van der Waals surface area contributed by atoms with Gasteiger partial charge in [-0.15, -0.1) is 24.8 Å². The van der Waals surface area contributed by atoms with Gasteiger partial charge in [0.1, 0.15) is 5.75 Å². The molecule has 25 heavy (non-hydrogen) atoms. The number of halogens is 2. The molecule has 0 bridgehead atoms. The molecule has 1 aromatic carbocycles. The van der Waals surface area contributed by atoms with Gasteiger partial charge >= 0.3 is 0 Å². The summed E-state index contributed by atoms with van der Waals surface area (Å²) in [6.07, 6.45) is 4.86. The Bertz CT molecular complexity index is 565. The Labute approximate surface area is 162 Å². The van der Waals surface area contributed by atoms with Gasteiger partial charge in [-0.05, 0) is 37.3 Å². The average Bonchev–Trinajstić information content (AvgIpc) is 3.22.